The summed E-state index contributed by atoms with van der Waals surface area (Å²) in [6.07, 6.45) is 1.02. The molecule has 0 radical (unpaired) electrons. The summed E-state index contributed by atoms with van der Waals surface area (Å²) in [6, 6.07) is 10.3. The highest BCUT2D eigenvalue weighted by atomic mass is 32.1. The van der Waals surface area contributed by atoms with Crippen molar-refractivity contribution >= 4 is 11.3 Å². The van der Waals surface area contributed by atoms with E-state index in [0.29, 0.717) is 11.5 Å². The monoisotopic (exact) mass is 286 g/mol. The number of thiazole rings is 1. The van der Waals surface area contributed by atoms with Crippen molar-refractivity contribution in [2.75, 3.05) is 0 Å². The normalized spacial score (nSPS) is 10.6. The zero-order chi connectivity index (χ0) is 14.5. The fraction of sp³-hybridized carbons (Fsp3) is 0.375. The highest BCUT2D eigenvalue weighted by molar-refractivity contribution is 7.12. The number of hydrogen-bond acceptors (Lipinski definition) is 4. The lowest BCUT2D eigenvalue weighted by Crippen LogP contribution is -1.96. The van der Waals surface area contributed by atoms with Crippen LogP contribution in [0.5, 0.6) is 5.75 Å². The number of benzene rings is 1. The molecule has 0 unspecified atom stereocenters. The Kier molecular flexibility index (Phi) is 4.75. The predicted molar refractivity (Wildman–Crippen MR) is 81.1 cm³/mol. The molecule has 1 aromatic heterocycles. The van der Waals surface area contributed by atoms with Crippen LogP contribution >= 0.6 is 11.3 Å². The first-order valence-electron chi connectivity index (χ1n) is 6.75. The summed E-state index contributed by atoms with van der Waals surface area (Å²) in [7, 11) is 0. The summed E-state index contributed by atoms with van der Waals surface area (Å²) < 4.78 is 5.72. The molecule has 0 N–H and O–H groups in total. The lowest BCUT2D eigenvalue weighted by molar-refractivity contribution is 0.305. The van der Waals surface area contributed by atoms with Gasteiger partial charge in [0.15, 0.2) is 0 Å². The molecule has 2 aromatic rings. The Morgan fingerprint density at radius 3 is 2.50 bits per heavy atom. The fourth-order valence-corrected chi connectivity index (χ4v) is 2.81. The van der Waals surface area contributed by atoms with Crippen LogP contribution in [0.15, 0.2) is 24.3 Å². The zero-order valence-corrected chi connectivity index (χ0v) is 12.8. The molecule has 0 aliphatic rings. The molecule has 0 fully saturated rings. The Bertz CT molecular complexity index is 608. The van der Waals surface area contributed by atoms with Crippen molar-refractivity contribution in [1.82, 2.24) is 4.98 Å². The molecule has 0 saturated heterocycles. The fourth-order valence-electron chi connectivity index (χ4n) is 1.88. The van der Waals surface area contributed by atoms with E-state index in [2.05, 4.69) is 30.1 Å². The lowest BCUT2D eigenvalue weighted by atomic mass is 10.1. The van der Waals surface area contributed by atoms with E-state index < -0.39 is 0 Å². The van der Waals surface area contributed by atoms with E-state index in [4.69, 9.17) is 10.00 Å². The molecule has 0 aliphatic heterocycles. The van der Waals surface area contributed by atoms with Gasteiger partial charge in [0.1, 0.15) is 28.3 Å². The summed E-state index contributed by atoms with van der Waals surface area (Å²) in [4.78, 5) is 5.19. The summed E-state index contributed by atoms with van der Waals surface area (Å²) in [5.74, 6) is 1.10. The Hall–Kier alpha value is -1.86. The van der Waals surface area contributed by atoms with Crippen LogP contribution in [0.4, 0.5) is 0 Å². The van der Waals surface area contributed by atoms with Gasteiger partial charge in [-0.25, -0.2) is 4.98 Å². The van der Waals surface area contributed by atoms with Gasteiger partial charge in [0, 0.05) is 0 Å². The summed E-state index contributed by atoms with van der Waals surface area (Å²) in [6.45, 7) is 6.63. The maximum absolute atomic E-state index is 9.10. The van der Waals surface area contributed by atoms with Gasteiger partial charge in [0.2, 0.25) is 0 Å². The number of rotatable bonds is 5. The first kappa shape index (κ1) is 14.5. The third-order valence-electron chi connectivity index (χ3n) is 3.04. The molecule has 0 aliphatic carbocycles. The number of nitriles is 1. The van der Waals surface area contributed by atoms with Crippen molar-refractivity contribution in [2.24, 2.45) is 0 Å². The molecule has 0 atom stereocenters. The van der Waals surface area contributed by atoms with Gasteiger partial charge >= 0.3 is 0 Å². The Morgan fingerprint density at radius 1 is 1.30 bits per heavy atom. The number of ether oxygens (including phenoxy) is 1. The van der Waals surface area contributed by atoms with Crippen molar-refractivity contribution in [3.63, 3.8) is 0 Å². The van der Waals surface area contributed by atoms with E-state index in [1.54, 1.807) is 0 Å². The van der Waals surface area contributed by atoms with E-state index in [1.165, 1.54) is 16.9 Å². The van der Waals surface area contributed by atoms with Gasteiger partial charge in [-0.3, -0.25) is 0 Å². The Labute approximate surface area is 123 Å². The maximum atomic E-state index is 9.10. The van der Waals surface area contributed by atoms with Crippen LogP contribution in [0.2, 0.25) is 0 Å². The van der Waals surface area contributed by atoms with Gasteiger partial charge in [-0.05, 0) is 30.0 Å². The second-order valence-corrected chi connectivity index (χ2v) is 5.96. The maximum Gasteiger partial charge on any atom is 0.140 e. The van der Waals surface area contributed by atoms with Crippen LogP contribution in [-0.4, -0.2) is 4.98 Å². The molecule has 0 spiro atoms. The van der Waals surface area contributed by atoms with Crippen molar-refractivity contribution in [3.8, 4) is 11.8 Å². The average molecular weight is 286 g/mol. The highest BCUT2D eigenvalue weighted by Crippen LogP contribution is 2.25. The first-order chi connectivity index (χ1) is 9.63. The Morgan fingerprint density at radius 2 is 2.00 bits per heavy atom. The summed E-state index contributed by atoms with van der Waals surface area (Å²) in [5, 5.41) is 9.95. The van der Waals surface area contributed by atoms with Crippen LogP contribution < -0.4 is 4.74 Å². The van der Waals surface area contributed by atoms with E-state index >= 15 is 0 Å². The quantitative estimate of drug-likeness (QED) is 0.824. The standard InChI is InChI=1S/C16H18N2OS/c1-4-12-5-7-13(8-6-12)19-10-15-18-16(11(2)3)14(9-17)20-15/h5-8,11H,4,10H2,1-3H3. The Balaban J connectivity index is 2.05. The molecule has 0 amide bonds. The molecule has 0 bridgehead atoms. The molecule has 4 heteroatoms. The minimum absolute atomic E-state index is 0.262. The van der Waals surface area contributed by atoms with Crippen LogP contribution in [0, 0.1) is 11.3 Å². The van der Waals surface area contributed by atoms with Crippen molar-refractivity contribution < 1.29 is 4.74 Å². The third-order valence-corrected chi connectivity index (χ3v) is 3.99. The van der Waals surface area contributed by atoms with Crippen LogP contribution in [0.25, 0.3) is 0 Å². The van der Waals surface area contributed by atoms with Gasteiger partial charge in [-0.1, -0.05) is 32.9 Å². The van der Waals surface area contributed by atoms with Crippen LogP contribution in [-0.2, 0) is 13.0 Å². The second-order valence-electron chi connectivity index (χ2n) is 4.87. The molecule has 20 heavy (non-hydrogen) atoms. The molecular weight excluding hydrogens is 268 g/mol. The summed E-state index contributed by atoms with van der Waals surface area (Å²) in [5.41, 5.74) is 2.16. The van der Waals surface area contributed by atoms with E-state index in [9.17, 15) is 0 Å². The van der Waals surface area contributed by atoms with E-state index in [1.807, 2.05) is 26.0 Å². The van der Waals surface area contributed by atoms with E-state index in [0.717, 1.165) is 22.9 Å². The van der Waals surface area contributed by atoms with Gasteiger partial charge in [-0.15, -0.1) is 11.3 Å². The van der Waals surface area contributed by atoms with Gasteiger partial charge in [0.05, 0.1) is 5.69 Å². The lowest BCUT2D eigenvalue weighted by Gasteiger charge is -2.04. The smallest absolute Gasteiger partial charge is 0.140 e. The number of hydrogen-bond donors (Lipinski definition) is 0. The van der Waals surface area contributed by atoms with Crippen molar-refractivity contribution in [1.29, 1.82) is 5.26 Å². The van der Waals surface area contributed by atoms with Gasteiger partial charge in [-0.2, -0.15) is 5.26 Å². The van der Waals surface area contributed by atoms with Gasteiger partial charge in [0.25, 0.3) is 0 Å². The SMILES string of the molecule is CCc1ccc(OCc2nc(C(C)C)c(C#N)s2)cc1. The largest absolute Gasteiger partial charge is 0.486 e. The predicted octanol–water partition coefficient (Wildman–Crippen LogP) is 4.28. The van der Waals surface area contributed by atoms with Crippen molar-refractivity contribution in [2.45, 2.75) is 39.7 Å². The number of aryl methyl sites for hydroxylation is 1. The molecule has 3 nitrogen and oxygen atoms in total. The van der Waals surface area contributed by atoms with E-state index in [-0.39, 0.29) is 5.92 Å². The molecule has 1 aromatic carbocycles. The van der Waals surface area contributed by atoms with Crippen molar-refractivity contribution in [3.05, 3.63) is 45.4 Å². The molecule has 1 heterocycles. The number of aromatic nitrogens is 1. The second kappa shape index (κ2) is 6.53. The third kappa shape index (κ3) is 3.37. The van der Waals surface area contributed by atoms with Crippen LogP contribution in [0.1, 0.15) is 47.8 Å². The zero-order valence-electron chi connectivity index (χ0n) is 12.0. The minimum Gasteiger partial charge on any atom is -0.486 e. The molecule has 104 valence electrons. The minimum atomic E-state index is 0.262. The topological polar surface area (TPSA) is 45.9 Å². The highest BCUT2D eigenvalue weighted by Gasteiger charge is 2.14. The summed E-state index contributed by atoms with van der Waals surface area (Å²) >= 11 is 1.42. The molecule has 0 saturated carbocycles. The molecular formula is C16H18N2OS. The number of nitrogens with zero attached hydrogens (tertiary/aromatic N) is 2. The average Bonchev–Trinajstić information content (AvgIpc) is 2.89. The van der Waals surface area contributed by atoms with Crippen LogP contribution in [0.3, 0.4) is 0 Å². The van der Waals surface area contributed by atoms with Gasteiger partial charge < -0.3 is 4.74 Å². The molecule has 2 rings (SSSR count). The first-order valence-corrected chi connectivity index (χ1v) is 7.57.